The average molecular weight is 154 g/mol. The van der Waals surface area contributed by atoms with Crippen molar-refractivity contribution in [1.82, 2.24) is 0 Å². The van der Waals surface area contributed by atoms with Gasteiger partial charge in [-0.15, -0.1) is 0 Å². The summed E-state index contributed by atoms with van der Waals surface area (Å²) in [5, 5.41) is 0. The lowest BCUT2D eigenvalue weighted by Gasteiger charge is -2.14. The number of esters is 1. The van der Waals surface area contributed by atoms with Crippen LogP contribution in [0.3, 0.4) is 0 Å². The molecule has 0 aromatic carbocycles. The number of ether oxygens (including phenoxy) is 2. The first-order chi connectivity index (χ1) is 5.36. The first-order valence-electron chi connectivity index (χ1n) is 4.18. The number of carbonyl (C=O) groups excluding carboxylic acids is 1. The van der Waals surface area contributed by atoms with E-state index in [4.69, 9.17) is 9.47 Å². The number of carbonyl (C=O) groups is 1. The zero-order valence-electron chi connectivity index (χ0n) is 6.16. The zero-order valence-corrected chi connectivity index (χ0v) is 6.16. The molecule has 3 rings (SSSR count). The SMILES string of the molecule is O=C1OC[C@@H]2[C@@H]1[C@H]1CC[C@H]2O1. The summed E-state index contributed by atoms with van der Waals surface area (Å²) in [4.78, 5) is 11.1. The zero-order chi connectivity index (χ0) is 7.42. The molecule has 11 heavy (non-hydrogen) atoms. The van der Waals surface area contributed by atoms with Gasteiger partial charge in [-0.25, -0.2) is 0 Å². The fourth-order valence-corrected chi connectivity index (χ4v) is 2.59. The Bertz CT molecular complexity index is 213. The molecular weight excluding hydrogens is 144 g/mol. The predicted octanol–water partition coefficient (Wildman–Crippen LogP) is 0.337. The van der Waals surface area contributed by atoms with Crippen molar-refractivity contribution in [3.8, 4) is 0 Å². The highest BCUT2D eigenvalue weighted by atomic mass is 16.6. The van der Waals surface area contributed by atoms with E-state index >= 15 is 0 Å². The molecule has 0 radical (unpaired) electrons. The van der Waals surface area contributed by atoms with Crippen LogP contribution in [-0.2, 0) is 14.3 Å². The van der Waals surface area contributed by atoms with Crippen LogP contribution in [0.25, 0.3) is 0 Å². The van der Waals surface area contributed by atoms with Crippen LogP contribution < -0.4 is 0 Å². The van der Waals surface area contributed by atoms with Crippen LogP contribution in [-0.4, -0.2) is 24.8 Å². The monoisotopic (exact) mass is 154 g/mol. The van der Waals surface area contributed by atoms with Crippen LogP contribution in [0.5, 0.6) is 0 Å². The Labute approximate surface area is 64.7 Å². The molecule has 0 aromatic rings. The molecule has 3 heteroatoms. The normalized spacial score (nSPS) is 52.9. The number of hydrogen-bond donors (Lipinski definition) is 0. The number of cyclic esters (lactones) is 1. The second-order valence-corrected chi connectivity index (χ2v) is 3.61. The van der Waals surface area contributed by atoms with Crippen LogP contribution in [0.1, 0.15) is 12.8 Å². The Morgan fingerprint density at radius 3 is 2.91 bits per heavy atom. The van der Waals surface area contributed by atoms with Gasteiger partial charge < -0.3 is 9.47 Å². The van der Waals surface area contributed by atoms with Crippen LogP contribution in [0, 0.1) is 11.8 Å². The molecule has 3 fully saturated rings. The Morgan fingerprint density at radius 1 is 1.27 bits per heavy atom. The smallest absolute Gasteiger partial charge is 0.312 e. The standard InChI is InChI=1S/C8H10O3/c9-8-7-4(3-10-8)5-1-2-6(7)11-5/h4-7H,1-3H2/t4-,5+,6+,7+/m0/s1. The number of rotatable bonds is 0. The fraction of sp³-hybridized carbons (Fsp3) is 0.875. The average Bonchev–Trinajstić information content (AvgIpc) is 2.60. The lowest BCUT2D eigenvalue weighted by atomic mass is 9.81. The molecule has 4 atom stereocenters. The summed E-state index contributed by atoms with van der Waals surface area (Å²) in [7, 11) is 0. The maximum absolute atomic E-state index is 11.1. The molecular formula is C8H10O3. The maximum atomic E-state index is 11.1. The van der Waals surface area contributed by atoms with Crippen molar-refractivity contribution in [2.75, 3.05) is 6.61 Å². The van der Waals surface area contributed by atoms with Crippen molar-refractivity contribution in [3.63, 3.8) is 0 Å². The van der Waals surface area contributed by atoms with Crippen LogP contribution >= 0.6 is 0 Å². The molecule has 0 aliphatic carbocycles. The van der Waals surface area contributed by atoms with Crippen LogP contribution in [0.2, 0.25) is 0 Å². The van der Waals surface area contributed by atoms with Gasteiger partial charge in [0.05, 0.1) is 24.7 Å². The third-order valence-corrected chi connectivity index (χ3v) is 3.11. The minimum atomic E-state index is -0.0257. The van der Waals surface area contributed by atoms with Gasteiger partial charge in [-0.1, -0.05) is 0 Å². The molecule has 0 amide bonds. The predicted molar refractivity (Wildman–Crippen MR) is 35.8 cm³/mol. The highest BCUT2D eigenvalue weighted by Gasteiger charge is 2.56. The topological polar surface area (TPSA) is 35.5 Å². The van der Waals surface area contributed by atoms with E-state index < -0.39 is 0 Å². The van der Waals surface area contributed by atoms with Gasteiger partial charge in [-0.05, 0) is 12.8 Å². The third-order valence-electron chi connectivity index (χ3n) is 3.11. The van der Waals surface area contributed by atoms with E-state index in [1.54, 1.807) is 0 Å². The van der Waals surface area contributed by atoms with Crippen molar-refractivity contribution < 1.29 is 14.3 Å². The van der Waals surface area contributed by atoms with E-state index in [9.17, 15) is 4.79 Å². The third kappa shape index (κ3) is 0.601. The lowest BCUT2D eigenvalue weighted by molar-refractivity contribution is -0.143. The van der Waals surface area contributed by atoms with Gasteiger partial charge in [0.1, 0.15) is 0 Å². The molecule has 0 N–H and O–H groups in total. The van der Waals surface area contributed by atoms with E-state index in [2.05, 4.69) is 0 Å². The first kappa shape index (κ1) is 6.00. The van der Waals surface area contributed by atoms with Gasteiger partial charge >= 0.3 is 5.97 Å². The molecule has 0 aromatic heterocycles. The lowest BCUT2D eigenvalue weighted by Crippen LogP contribution is -2.27. The molecule has 0 spiro atoms. The Balaban J connectivity index is 1.97. The summed E-state index contributed by atoms with van der Waals surface area (Å²) in [6, 6.07) is 0. The summed E-state index contributed by atoms with van der Waals surface area (Å²) in [5.74, 6) is 0.456. The van der Waals surface area contributed by atoms with Gasteiger partial charge in [-0.2, -0.15) is 0 Å². The summed E-state index contributed by atoms with van der Waals surface area (Å²) in [5.41, 5.74) is 0. The molecule has 60 valence electrons. The molecule has 3 aliphatic rings. The molecule has 0 unspecified atom stereocenters. The summed E-state index contributed by atoms with van der Waals surface area (Å²) >= 11 is 0. The number of fused-ring (bicyclic) bond motifs is 5. The highest BCUT2D eigenvalue weighted by Crippen LogP contribution is 2.46. The van der Waals surface area contributed by atoms with E-state index in [0.29, 0.717) is 18.6 Å². The minimum Gasteiger partial charge on any atom is -0.465 e. The van der Waals surface area contributed by atoms with Crippen molar-refractivity contribution >= 4 is 5.97 Å². The maximum Gasteiger partial charge on any atom is 0.312 e. The quantitative estimate of drug-likeness (QED) is 0.472. The largest absolute Gasteiger partial charge is 0.465 e. The first-order valence-corrected chi connectivity index (χ1v) is 4.18. The number of hydrogen-bond acceptors (Lipinski definition) is 3. The summed E-state index contributed by atoms with van der Waals surface area (Å²) in [6.45, 7) is 0.602. The van der Waals surface area contributed by atoms with Gasteiger partial charge in [-0.3, -0.25) is 4.79 Å². The summed E-state index contributed by atoms with van der Waals surface area (Å²) in [6.07, 6.45) is 2.71. The van der Waals surface area contributed by atoms with Gasteiger partial charge in [0, 0.05) is 5.92 Å². The van der Waals surface area contributed by atoms with Crippen molar-refractivity contribution in [3.05, 3.63) is 0 Å². The van der Waals surface area contributed by atoms with Gasteiger partial charge in [0.25, 0.3) is 0 Å². The molecule has 3 saturated heterocycles. The Kier molecular flexibility index (Phi) is 0.969. The molecule has 2 bridgehead atoms. The van der Waals surface area contributed by atoms with E-state index in [1.807, 2.05) is 0 Å². The van der Waals surface area contributed by atoms with E-state index in [0.717, 1.165) is 12.8 Å². The second-order valence-electron chi connectivity index (χ2n) is 3.61. The van der Waals surface area contributed by atoms with Crippen molar-refractivity contribution in [1.29, 1.82) is 0 Å². The fourth-order valence-electron chi connectivity index (χ4n) is 2.59. The summed E-state index contributed by atoms with van der Waals surface area (Å²) < 4.78 is 10.6. The van der Waals surface area contributed by atoms with Crippen LogP contribution in [0.15, 0.2) is 0 Å². The molecule has 0 saturated carbocycles. The van der Waals surface area contributed by atoms with Crippen LogP contribution in [0.4, 0.5) is 0 Å². The Hall–Kier alpha value is -0.570. The Morgan fingerprint density at radius 2 is 2.09 bits per heavy atom. The van der Waals surface area contributed by atoms with E-state index in [1.165, 1.54) is 0 Å². The van der Waals surface area contributed by atoms with Crippen molar-refractivity contribution in [2.24, 2.45) is 11.8 Å². The van der Waals surface area contributed by atoms with Gasteiger partial charge in [0.15, 0.2) is 0 Å². The van der Waals surface area contributed by atoms with Gasteiger partial charge in [0.2, 0.25) is 0 Å². The molecule has 3 heterocycles. The van der Waals surface area contributed by atoms with E-state index in [-0.39, 0.29) is 18.0 Å². The molecule has 3 nitrogen and oxygen atoms in total. The minimum absolute atomic E-state index is 0.0257. The second kappa shape index (κ2) is 1.78. The highest BCUT2D eigenvalue weighted by molar-refractivity contribution is 5.76. The molecule has 3 aliphatic heterocycles. The van der Waals surface area contributed by atoms with Crippen molar-refractivity contribution in [2.45, 2.75) is 25.0 Å².